The minimum absolute atomic E-state index is 0.0361. The highest BCUT2D eigenvalue weighted by Gasteiger charge is 2.23. The quantitative estimate of drug-likeness (QED) is 0.156. The van der Waals surface area contributed by atoms with Crippen LogP contribution in [-0.2, 0) is 16.5 Å². The molecule has 0 bridgehead atoms. The zero-order valence-electron chi connectivity index (χ0n) is 20.1. The van der Waals surface area contributed by atoms with Crippen LogP contribution in [0.1, 0.15) is 22.8 Å². The molecule has 0 fully saturated rings. The molecule has 0 spiro atoms. The van der Waals surface area contributed by atoms with Gasteiger partial charge in [-0.05, 0) is 41.6 Å². The van der Waals surface area contributed by atoms with E-state index in [2.05, 4.69) is 15.5 Å². The van der Waals surface area contributed by atoms with E-state index in [-0.39, 0.29) is 22.0 Å². The number of ether oxygens (including phenoxy) is 1. The second kappa shape index (κ2) is 11.0. The van der Waals surface area contributed by atoms with Gasteiger partial charge in [0.15, 0.2) is 5.75 Å². The van der Waals surface area contributed by atoms with Gasteiger partial charge >= 0.3 is 0 Å². The van der Waals surface area contributed by atoms with Crippen LogP contribution >= 0.6 is 23.2 Å². The van der Waals surface area contributed by atoms with Gasteiger partial charge < -0.3 is 15.2 Å². The lowest BCUT2D eigenvalue weighted by atomic mass is 10.0. The summed E-state index contributed by atoms with van der Waals surface area (Å²) in [5.41, 5.74) is 0.515. The number of aryl methyl sites for hydroxylation is 1. The van der Waals surface area contributed by atoms with E-state index in [1.54, 1.807) is 43.3 Å². The van der Waals surface area contributed by atoms with Gasteiger partial charge in [-0.3, -0.25) is 9.35 Å². The van der Waals surface area contributed by atoms with E-state index in [9.17, 15) is 22.9 Å². The Morgan fingerprint density at radius 2 is 1.79 bits per heavy atom. The lowest BCUT2D eigenvalue weighted by Crippen LogP contribution is -2.12. The number of aromatic hydroxyl groups is 1. The zero-order valence-corrected chi connectivity index (χ0v) is 22.4. The van der Waals surface area contributed by atoms with Crippen molar-refractivity contribution in [3.05, 3.63) is 81.8 Å². The number of anilines is 1. The lowest BCUT2D eigenvalue weighted by Gasteiger charge is -2.12. The van der Waals surface area contributed by atoms with E-state index in [0.29, 0.717) is 39.2 Å². The van der Waals surface area contributed by atoms with Gasteiger partial charge in [0.2, 0.25) is 0 Å². The average molecular weight is 574 g/mol. The second-order valence-electron chi connectivity index (χ2n) is 8.06. The molecule has 0 atom stereocenters. The molecule has 0 aliphatic rings. The van der Waals surface area contributed by atoms with E-state index >= 15 is 0 Å². The Balaban J connectivity index is 1.80. The van der Waals surface area contributed by atoms with Crippen molar-refractivity contribution < 1.29 is 27.6 Å². The van der Waals surface area contributed by atoms with Crippen molar-refractivity contribution in [2.24, 2.45) is 10.2 Å². The summed E-state index contributed by atoms with van der Waals surface area (Å²) in [5.74, 6) is -0.729. The number of hydrogen-bond donors (Lipinski definition) is 3. The summed E-state index contributed by atoms with van der Waals surface area (Å²) in [6, 6.07) is 16.0. The van der Waals surface area contributed by atoms with E-state index in [4.69, 9.17) is 27.9 Å². The van der Waals surface area contributed by atoms with Crippen LogP contribution in [0.15, 0.2) is 75.8 Å². The largest absolute Gasteiger partial charge is 0.505 e. The fourth-order valence-corrected chi connectivity index (χ4v) is 5.44. The number of halogens is 2. The Bertz CT molecular complexity index is 1710. The van der Waals surface area contributed by atoms with Crippen molar-refractivity contribution in [3.8, 4) is 11.5 Å². The summed E-state index contributed by atoms with van der Waals surface area (Å²) in [6.45, 7) is 1.71. The van der Waals surface area contributed by atoms with Crippen LogP contribution in [0.5, 0.6) is 11.5 Å². The van der Waals surface area contributed by atoms with Crippen LogP contribution in [0.2, 0.25) is 10.0 Å². The molecule has 9 nitrogen and oxygen atoms in total. The minimum atomic E-state index is -4.63. The summed E-state index contributed by atoms with van der Waals surface area (Å²) in [4.78, 5) is 12.7. The Morgan fingerprint density at radius 1 is 1.05 bits per heavy atom. The molecule has 0 unspecified atom stereocenters. The molecule has 12 heteroatoms. The van der Waals surface area contributed by atoms with Gasteiger partial charge in [-0.1, -0.05) is 60.5 Å². The molecule has 0 saturated carbocycles. The normalized spacial score (nSPS) is 11.7. The van der Waals surface area contributed by atoms with Gasteiger partial charge in [0, 0.05) is 17.1 Å². The smallest absolute Gasteiger partial charge is 0.296 e. The third-order valence-electron chi connectivity index (χ3n) is 5.70. The third-order valence-corrected chi connectivity index (χ3v) is 7.49. The third kappa shape index (κ3) is 5.44. The predicted molar refractivity (Wildman–Crippen MR) is 146 cm³/mol. The monoisotopic (exact) mass is 573 g/mol. The van der Waals surface area contributed by atoms with E-state index in [1.165, 1.54) is 31.4 Å². The maximum Gasteiger partial charge on any atom is 0.296 e. The van der Waals surface area contributed by atoms with Gasteiger partial charge in [0.25, 0.3) is 16.0 Å². The number of azo groups is 1. The molecule has 0 saturated heterocycles. The number of benzene rings is 4. The van der Waals surface area contributed by atoms with Crippen LogP contribution in [0.25, 0.3) is 10.8 Å². The fraction of sp³-hybridized carbons (Fsp3) is 0.115. The molecule has 4 aromatic rings. The molecule has 0 aliphatic heterocycles. The molecule has 4 aromatic carbocycles. The Hall–Kier alpha value is -3.70. The van der Waals surface area contributed by atoms with Gasteiger partial charge in [-0.2, -0.15) is 8.42 Å². The van der Waals surface area contributed by atoms with Crippen molar-refractivity contribution in [2.45, 2.75) is 18.2 Å². The molecule has 4 rings (SSSR count). The van der Waals surface area contributed by atoms with Crippen molar-refractivity contribution >= 4 is 67.1 Å². The maximum absolute atomic E-state index is 13.1. The average Bonchev–Trinajstić information content (AvgIpc) is 2.88. The molecule has 38 heavy (non-hydrogen) atoms. The van der Waals surface area contributed by atoms with Crippen LogP contribution in [0.4, 0.5) is 17.1 Å². The number of rotatable bonds is 7. The number of carbonyl (C=O) groups is 1. The van der Waals surface area contributed by atoms with Gasteiger partial charge in [-0.15, -0.1) is 10.2 Å². The van der Waals surface area contributed by atoms with Crippen LogP contribution in [-0.4, -0.2) is 31.1 Å². The first-order valence-corrected chi connectivity index (χ1v) is 13.3. The topological polar surface area (TPSA) is 138 Å². The van der Waals surface area contributed by atoms with Gasteiger partial charge in [0.05, 0.1) is 22.7 Å². The Labute approximate surface area is 228 Å². The molecular weight excluding hydrogens is 553 g/mol. The number of phenols is 1. The first kappa shape index (κ1) is 27.3. The summed E-state index contributed by atoms with van der Waals surface area (Å²) in [5, 5.41) is 23.0. The van der Waals surface area contributed by atoms with Crippen LogP contribution in [0.3, 0.4) is 0 Å². The van der Waals surface area contributed by atoms with E-state index in [1.807, 2.05) is 0 Å². The highest BCUT2D eigenvalue weighted by Crippen LogP contribution is 2.41. The summed E-state index contributed by atoms with van der Waals surface area (Å²) >= 11 is 12.3. The first-order valence-electron chi connectivity index (χ1n) is 11.1. The maximum atomic E-state index is 13.1. The Kier molecular flexibility index (Phi) is 7.89. The van der Waals surface area contributed by atoms with Crippen molar-refractivity contribution in [1.29, 1.82) is 0 Å². The predicted octanol–water partition coefficient (Wildman–Crippen LogP) is 7.34. The van der Waals surface area contributed by atoms with Crippen molar-refractivity contribution in [1.82, 2.24) is 0 Å². The molecule has 3 N–H and O–H groups in total. The highest BCUT2D eigenvalue weighted by molar-refractivity contribution is 7.86. The number of amides is 1. The van der Waals surface area contributed by atoms with E-state index in [0.717, 1.165) is 0 Å². The summed E-state index contributed by atoms with van der Waals surface area (Å²) in [7, 11) is -3.19. The second-order valence-corrected chi connectivity index (χ2v) is 10.2. The molecule has 0 radical (unpaired) electrons. The summed E-state index contributed by atoms with van der Waals surface area (Å²) in [6.07, 6.45) is 0.300. The van der Waals surface area contributed by atoms with E-state index < -0.39 is 26.7 Å². The van der Waals surface area contributed by atoms with Crippen molar-refractivity contribution in [3.63, 3.8) is 0 Å². The van der Waals surface area contributed by atoms with Crippen molar-refractivity contribution in [2.75, 3.05) is 12.4 Å². The Morgan fingerprint density at radius 3 is 2.47 bits per heavy atom. The SMILES string of the molecule is CCc1ccc(N=Nc2c(O)c(C(=O)Nc3ccc(Cl)c(OC)c3)cc3ccccc23)c(Cl)c1S(=O)(=O)O. The standard InChI is InChI=1S/C26H21Cl2N3O6S/c1-3-14-8-11-20(22(28)25(14)38(34,35)36)30-31-23-17-7-5-4-6-15(17)12-18(24(23)32)26(33)29-16-9-10-19(27)21(13-16)37-2/h4-13,32H,3H2,1-2H3,(H,29,33)(H,34,35,36). The number of nitrogens with one attached hydrogen (secondary N) is 1. The van der Waals surface area contributed by atoms with Crippen LogP contribution < -0.4 is 10.1 Å². The van der Waals surface area contributed by atoms with Gasteiger partial charge in [0.1, 0.15) is 22.0 Å². The number of hydrogen-bond acceptors (Lipinski definition) is 7. The number of nitrogens with zero attached hydrogens (tertiary/aromatic N) is 2. The number of methoxy groups -OCH3 is 1. The number of fused-ring (bicyclic) bond motifs is 1. The highest BCUT2D eigenvalue weighted by atomic mass is 35.5. The molecule has 196 valence electrons. The van der Waals surface area contributed by atoms with Gasteiger partial charge in [-0.25, -0.2) is 0 Å². The lowest BCUT2D eigenvalue weighted by molar-refractivity contribution is 0.102. The molecule has 0 aromatic heterocycles. The first-order chi connectivity index (χ1) is 18.0. The molecule has 1 amide bonds. The summed E-state index contributed by atoms with van der Waals surface area (Å²) < 4.78 is 38.7. The molecule has 0 aliphatic carbocycles. The number of carbonyl (C=O) groups excluding carboxylic acids is 1. The zero-order chi connectivity index (χ0) is 27.6. The number of phenolic OH excluding ortho intramolecular Hbond substituents is 1. The minimum Gasteiger partial charge on any atom is -0.505 e. The molecule has 0 heterocycles. The van der Waals surface area contributed by atoms with Crippen LogP contribution in [0, 0.1) is 0 Å². The molecular formula is C26H21Cl2N3O6S. The fourth-order valence-electron chi connectivity index (χ4n) is 3.85.